The number of anilines is 2. The molecule has 1 aliphatic carbocycles. The number of aromatic nitrogens is 1. The van der Waals surface area contributed by atoms with Crippen molar-refractivity contribution < 1.29 is 0 Å². The van der Waals surface area contributed by atoms with E-state index in [-0.39, 0.29) is 16.9 Å². The molecule has 1 atom stereocenters. The fraction of sp³-hybridized carbons (Fsp3) is 0.167. The maximum absolute atomic E-state index is 2.63. The van der Waals surface area contributed by atoms with E-state index < -0.39 is 0 Å². The van der Waals surface area contributed by atoms with E-state index in [1.807, 2.05) is 0 Å². The lowest BCUT2D eigenvalue weighted by molar-refractivity contribution is 0.594. The van der Waals surface area contributed by atoms with Gasteiger partial charge in [-0.2, -0.15) is 0 Å². The summed E-state index contributed by atoms with van der Waals surface area (Å²) in [6.45, 7) is 9.68. The van der Waals surface area contributed by atoms with Gasteiger partial charge in [-0.1, -0.05) is 131 Å². The summed E-state index contributed by atoms with van der Waals surface area (Å²) in [4.78, 5) is 2.46. The van der Waals surface area contributed by atoms with Gasteiger partial charge in [-0.25, -0.2) is 0 Å². The van der Waals surface area contributed by atoms with Crippen LogP contribution in [0.2, 0.25) is 0 Å². The molecule has 0 saturated carbocycles. The molecule has 1 aromatic heterocycles. The van der Waals surface area contributed by atoms with Gasteiger partial charge in [0, 0.05) is 33.0 Å². The van der Waals surface area contributed by atoms with Crippen molar-refractivity contribution in [2.45, 2.75) is 51.0 Å². The first-order valence-electron chi connectivity index (χ1n) is 18.0. The lowest BCUT2D eigenvalue weighted by Gasteiger charge is -2.42. The zero-order chi connectivity index (χ0) is 33.8. The molecule has 2 aliphatic heterocycles. The van der Waals surface area contributed by atoms with Crippen LogP contribution in [0.4, 0.5) is 11.4 Å². The highest BCUT2D eigenvalue weighted by Crippen LogP contribution is 2.56. The molecule has 2 heteroatoms. The van der Waals surface area contributed by atoms with E-state index in [0.717, 1.165) is 6.42 Å². The number of hydrogen-bond acceptors (Lipinski definition) is 1. The van der Waals surface area contributed by atoms with Crippen LogP contribution in [-0.4, -0.2) is 10.6 Å². The highest BCUT2D eigenvalue weighted by molar-refractivity contribution is 6.16. The van der Waals surface area contributed by atoms with Crippen LogP contribution in [0.5, 0.6) is 0 Å². The number of hydrogen-bond donors (Lipinski definition) is 0. The zero-order valence-corrected chi connectivity index (χ0v) is 29.1. The Labute approximate surface area is 294 Å². The van der Waals surface area contributed by atoms with E-state index in [1.54, 1.807) is 0 Å². The van der Waals surface area contributed by atoms with Crippen molar-refractivity contribution in [3.05, 3.63) is 174 Å². The molecule has 3 aliphatic rings. The topological polar surface area (TPSA) is 8.17 Å². The third-order valence-corrected chi connectivity index (χ3v) is 11.8. The summed E-state index contributed by atoms with van der Waals surface area (Å²) in [5.41, 5.74) is 16.9. The summed E-state index contributed by atoms with van der Waals surface area (Å²) in [5.74, 6) is 0. The van der Waals surface area contributed by atoms with Crippen LogP contribution in [0.3, 0.4) is 0 Å². The van der Waals surface area contributed by atoms with E-state index >= 15 is 0 Å². The predicted octanol–water partition coefficient (Wildman–Crippen LogP) is 12.4. The van der Waals surface area contributed by atoms with Gasteiger partial charge in [0.25, 0.3) is 0 Å². The van der Waals surface area contributed by atoms with Crippen molar-refractivity contribution in [2.24, 2.45) is 0 Å². The molecule has 7 aromatic rings. The Hall–Kier alpha value is -5.60. The maximum Gasteiger partial charge on any atom is 0.0582 e. The van der Waals surface area contributed by atoms with Crippen molar-refractivity contribution in [2.75, 3.05) is 4.90 Å². The minimum absolute atomic E-state index is 0.140. The molecule has 0 spiro atoms. The van der Waals surface area contributed by atoms with Crippen LogP contribution in [0.25, 0.3) is 49.7 Å². The Kier molecular flexibility index (Phi) is 6.13. The molecule has 0 N–H and O–H groups in total. The van der Waals surface area contributed by atoms with Gasteiger partial charge in [0.15, 0.2) is 0 Å². The molecule has 0 bridgehead atoms. The number of fused-ring (bicyclic) bond motifs is 1. The Morgan fingerprint density at radius 1 is 0.520 bits per heavy atom. The summed E-state index contributed by atoms with van der Waals surface area (Å²) in [6.07, 6.45) is 9.88. The van der Waals surface area contributed by atoms with Gasteiger partial charge in [-0.05, 0) is 99.5 Å². The van der Waals surface area contributed by atoms with E-state index in [9.17, 15) is 0 Å². The second-order valence-electron chi connectivity index (χ2n) is 15.4. The third-order valence-electron chi connectivity index (χ3n) is 11.8. The zero-order valence-electron chi connectivity index (χ0n) is 29.1. The van der Waals surface area contributed by atoms with Gasteiger partial charge in [-0.3, -0.25) is 0 Å². The van der Waals surface area contributed by atoms with Crippen LogP contribution in [0, 0.1) is 0 Å². The normalized spacial score (nSPS) is 17.5. The maximum atomic E-state index is 2.63. The Balaban J connectivity index is 1.21. The van der Waals surface area contributed by atoms with Crippen LogP contribution >= 0.6 is 0 Å². The first-order chi connectivity index (χ1) is 24.3. The second kappa shape index (κ2) is 10.5. The molecule has 0 fully saturated rings. The van der Waals surface area contributed by atoms with E-state index in [2.05, 4.69) is 189 Å². The fourth-order valence-electron chi connectivity index (χ4n) is 9.19. The molecule has 2 nitrogen and oxygen atoms in total. The van der Waals surface area contributed by atoms with Crippen molar-refractivity contribution in [1.82, 2.24) is 4.57 Å². The van der Waals surface area contributed by atoms with Crippen molar-refractivity contribution in [3.63, 3.8) is 0 Å². The first-order valence-corrected chi connectivity index (χ1v) is 18.0. The number of nitrogens with zero attached hydrogens (tertiary/aromatic N) is 2. The summed E-state index contributed by atoms with van der Waals surface area (Å²) in [6, 6.07) is 48.1. The lowest BCUT2D eigenvalue weighted by Crippen LogP contribution is -2.33. The van der Waals surface area contributed by atoms with Gasteiger partial charge in [0.05, 0.1) is 22.8 Å². The summed E-state index contributed by atoms with van der Waals surface area (Å²) >= 11 is 0. The second-order valence-corrected chi connectivity index (χ2v) is 15.4. The molecule has 0 amide bonds. The molecule has 0 radical (unpaired) electrons. The van der Waals surface area contributed by atoms with Gasteiger partial charge in [-0.15, -0.1) is 0 Å². The average Bonchev–Trinajstić information content (AvgIpc) is 3.49. The van der Waals surface area contributed by atoms with E-state index in [0.29, 0.717) is 0 Å². The van der Waals surface area contributed by atoms with Crippen molar-refractivity contribution in [1.29, 1.82) is 0 Å². The smallest absolute Gasteiger partial charge is 0.0582 e. The molecule has 50 heavy (non-hydrogen) atoms. The fourth-order valence-corrected chi connectivity index (χ4v) is 9.19. The Bertz CT molecular complexity index is 2540. The Morgan fingerprint density at radius 2 is 1.06 bits per heavy atom. The Morgan fingerprint density at radius 3 is 1.62 bits per heavy atom. The van der Waals surface area contributed by atoms with Gasteiger partial charge in [0.1, 0.15) is 0 Å². The van der Waals surface area contributed by atoms with Crippen LogP contribution in [0.15, 0.2) is 152 Å². The quantitative estimate of drug-likeness (QED) is 0.181. The number of benzene rings is 6. The monoisotopic (exact) mass is 644 g/mol. The summed E-state index contributed by atoms with van der Waals surface area (Å²) in [5, 5.41) is 2.68. The number of para-hydroxylation sites is 2. The highest BCUT2D eigenvalue weighted by atomic mass is 15.2. The molecule has 1 unspecified atom stereocenters. The van der Waals surface area contributed by atoms with Crippen molar-refractivity contribution >= 4 is 33.2 Å². The van der Waals surface area contributed by atoms with Gasteiger partial charge in [0.2, 0.25) is 0 Å². The van der Waals surface area contributed by atoms with Crippen LogP contribution < -0.4 is 4.90 Å². The highest BCUT2D eigenvalue weighted by Gasteiger charge is 2.43. The van der Waals surface area contributed by atoms with Gasteiger partial charge < -0.3 is 9.47 Å². The molecule has 0 saturated heterocycles. The standard InChI is InChI=1S/C48H40N2/c1-47(2)40-21-14-22-41-46(40)50-44-38(27-33(29-42(44)47)31-15-8-5-9-16-31)39-28-34(30-43(45(39)50)48(41,3)4)32-23-25-37(26-24-32)49(35-17-10-6-11-18-35)36-19-12-7-13-20-36/h5-19,21-30,36H,20H2,1-4H3. The number of rotatable bonds is 5. The van der Waals surface area contributed by atoms with Gasteiger partial charge >= 0.3 is 0 Å². The summed E-state index contributed by atoms with van der Waals surface area (Å²) in [7, 11) is 0. The molecular weight excluding hydrogens is 605 g/mol. The largest absolute Gasteiger partial charge is 0.334 e. The third kappa shape index (κ3) is 4.02. The SMILES string of the molecule is CC1(C)c2cccc3c2-n2c4c1cc(-c1ccccc1)cc4c1cc(-c4ccc(N(c5ccccc5)C5C=CC=CC5)cc4)cc(c12)C3(C)C. The molecule has 3 heterocycles. The minimum atomic E-state index is -0.162. The molecule has 10 rings (SSSR count). The summed E-state index contributed by atoms with van der Waals surface area (Å²) < 4.78 is 2.63. The van der Waals surface area contributed by atoms with E-state index in [4.69, 9.17) is 0 Å². The first kappa shape index (κ1) is 29.3. The van der Waals surface area contributed by atoms with Crippen molar-refractivity contribution in [3.8, 4) is 27.9 Å². The predicted molar refractivity (Wildman–Crippen MR) is 211 cm³/mol. The molecular formula is C48H40N2. The van der Waals surface area contributed by atoms with E-state index in [1.165, 1.54) is 83.4 Å². The van der Waals surface area contributed by atoms with Crippen LogP contribution in [0.1, 0.15) is 56.4 Å². The van der Waals surface area contributed by atoms with Crippen LogP contribution in [-0.2, 0) is 10.8 Å². The number of allylic oxidation sites excluding steroid dienone is 2. The average molecular weight is 645 g/mol. The molecule has 6 aromatic carbocycles. The minimum Gasteiger partial charge on any atom is -0.334 e. The molecule has 242 valence electrons. The lowest BCUT2D eigenvalue weighted by atomic mass is 9.68.